The molecule has 0 saturated carbocycles. The van der Waals surface area contributed by atoms with Crippen molar-refractivity contribution < 1.29 is 9.26 Å². The van der Waals surface area contributed by atoms with Crippen LogP contribution in [0.2, 0.25) is 5.02 Å². The Morgan fingerprint density at radius 3 is 2.88 bits per heavy atom. The molecule has 1 fully saturated rings. The normalized spacial score (nSPS) is 14.9. The van der Waals surface area contributed by atoms with E-state index in [4.69, 9.17) is 20.9 Å². The Morgan fingerprint density at radius 1 is 1.20 bits per heavy atom. The van der Waals surface area contributed by atoms with Crippen LogP contribution in [0.15, 0.2) is 40.2 Å². The highest BCUT2D eigenvalue weighted by atomic mass is 35.5. The largest absolute Gasteiger partial charge is 0.482 e. The van der Waals surface area contributed by atoms with E-state index in [-0.39, 0.29) is 6.61 Å². The zero-order valence-corrected chi connectivity index (χ0v) is 15.2. The Hall–Kier alpha value is -1.89. The molecule has 0 spiro atoms. The van der Waals surface area contributed by atoms with Crippen LogP contribution in [-0.4, -0.2) is 28.1 Å². The van der Waals surface area contributed by atoms with Crippen molar-refractivity contribution in [2.75, 3.05) is 13.1 Å². The van der Waals surface area contributed by atoms with Gasteiger partial charge in [-0.3, -0.25) is 4.90 Å². The highest BCUT2D eigenvalue weighted by Crippen LogP contribution is 2.30. The van der Waals surface area contributed by atoms with E-state index in [1.165, 1.54) is 12.8 Å². The summed E-state index contributed by atoms with van der Waals surface area (Å²) in [6.45, 7) is 3.33. The fraction of sp³-hybridized carbons (Fsp3) is 0.333. The summed E-state index contributed by atoms with van der Waals surface area (Å²) in [5.41, 5.74) is 1.09. The van der Waals surface area contributed by atoms with E-state index in [0.29, 0.717) is 22.5 Å². The second-order valence-corrected chi connectivity index (χ2v) is 7.32. The molecule has 25 heavy (non-hydrogen) atoms. The fourth-order valence-electron chi connectivity index (χ4n) is 2.93. The lowest BCUT2D eigenvalue weighted by atomic mass is 10.2. The van der Waals surface area contributed by atoms with Crippen molar-refractivity contribution in [2.45, 2.75) is 26.0 Å². The zero-order valence-electron chi connectivity index (χ0n) is 13.7. The van der Waals surface area contributed by atoms with Gasteiger partial charge in [-0.15, -0.1) is 11.3 Å². The molecule has 0 radical (unpaired) electrons. The van der Waals surface area contributed by atoms with Crippen LogP contribution in [0, 0.1) is 0 Å². The van der Waals surface area contributed by atoms with Crippen LogP contribution in [0.1, 0.15) is 24.3 Å². The minimum atomic E-state index is 0.200. The van der Waals surface area contributed by atoms with Crippen molar-refractivity contribution in [1.29, 1.82) is 0 Å². The average Bonchev–Trinajstić information content (AvgIpc) is 3.38. The summed E-state index contributed by atoms with van der Waals surface area (Å²) in [5.74, 6) is 1.67. The number of nitrogens with zero attached hydrogens (tertiary/aromatic N) is 3. The first-order valence-electron chi connectivity index (χ1n) is 8.28. The molecule has 1 aliphatic rings. The lowest BCUT2D eigenvalue weighted by Gasteiger charge is -2.17. The molecule has 3 heterocycles. The highest BCUT2D eigenvalue weighted by Gasteiger charge is 2.16. The van der Waals surface area contributed by atoms with Gasteiger partial charge in [0.2, 0.25) is 5.82 Å². The third-order valence-corrected chi connectivity index (χ3v) is 5.49. The van der Waals surface area contributed by atoms with Gasteiger partial charge in [-0.1, -0.05) is 35.0 Å². The summed E-state index contributed by atoms with van der Waals surface area (Å²) >= 11 is 8.09. The molecule has 4 rings (SSSR count). The molecule has 7 heteroatoms. The molecule has 5 nitrogen and oxygen atoms in total. The van der Waals surface area contributed by atoms with Crippen molar-refractivity contribution in [3.8, 4) is 16.5 Å². The summed E-state index contributed by atoms with van der Waals surface area (Å²) in [7, 11) is 0. The van der Waals surface area contributed by atoms with E-state index < -0.39 is 0 Å². The van der Waals surface area contributed by atoms with E-state index in [2.05, 4.69) is 21.1 Å². The number of aromatic nitrogens is 2. The summed E-state index contributed by atoms with van der Waals surface area (Å²) < 4.78 is 11.1. The maximum absolute atomic E-state index is 6.52. The summed E-state index contributed by atoms with van der Waals surface area (Å²) in [4.78, 5) is 7.75. The number of rotatable bonds is 6. The Labute approximate surface area is 155 Å². The summed E-state index contributed by atoms with van der Waals surface area (Å²) in [6, 6.07) is 9.80. The number of halogens is 1. The molecule has 0 unspecified atom stereocenters. The molecule has 0 amide bonds. The number of hydrogen-bond donors (Lipinski definition) is 0. The SMILES string of the molecule is Clc1c(CN2CCCC2)cccc1OCc1nc(-c2cccs2)no1. The molecule has 1 aliphatic heterocycles. The van der Waals surface area contributed by atoms with Gasteiger partial charge in [0.15, 0.2) is 6.61 Å². The van der Waals surface area contributed by atoms with Crippen LogP contribution >= 0.6 is 22.9 Å². The first kappa shape index (κ1) is 16.6. The van der Waals surface area contributed by atoms with Crippen LogP contribution in [0.3, 0.4) is 0 Å². The molecule has 2 aromatic heterocycles. The Bertz CT molecular complexity index is 829. The Kier molecular flexibility index (Phi) is 5.01. The fourth-order valence-corrected chi connectivity index (χ4v) is 3.82. The Morgan fingerprint density at radius 2 is 2.08 bits per heavy atom. The van der Waals surface area contributed by atoms with E-state index >= 15 is 0 Å². The predicted octanol–water partition coefficient (Wildman–Crippen LogP) is 4.63. The second-order valence-electron chi connectivity index (χ2n) is 5.99. The van der Waals surface area contributed by atoms with Gasteiger partial charge in [0.25, 0.3) is 5.89 Å². The molecule has 130 valence electrons. The molecular weight excluding hydrogens is 358 g/mol. The first-order valence-corrected chi connectivity index (χ1v) is 9.54. The van der Waals surface area contributed by atoms with Gasteiger partial charge in [0, 0.05) is 6.54 Å². The van der Waals surface area contributed by atoms with Gasteiger partial charge in [0.1, 0.15) is 5.75 Å². The van der Waals surface area contributed by atoms with Crippen LogP contribution in [0.25, 0.3) is 10.7 Å². The standard InChI is InChI=1S/C18H18ClN3O2S/c19-17-13(11-22-8-1-2-9-22)5-3-6-14(17)23-12-16-20-18(21-24-16)15-7-4-10-25-15/h3-7,10H,1-2,8-9,11-12H2. The molecule has 0 aliphatic carbocycles. The molecule has 0 bridgehead atoms. The van der Waals surface area contributed by atoms with E-state index in [9.17, 15) is 0 Å². The highest BCUT2D eigenvalue weighted by molar-refractivity contribution is 7.13. The predicted molar refractivity (Wildman–Crippen MR) is 97.9 cm³/mol. The molecule has 3 aromatic rings. The van der Waals surface area contributed by atoms with Crippen molar-refractivity contribution in [2.24, 2.45) is 0 Å². The Balaban J connectivity index is 1.42. The number of benzene rings is 1. The second kappa shape index (κ2) is 7.56. The minimum Gasteiger partial charge on any atom is -0.482 e. The van der Waals surface area contributed by atoms with Crippen LogP contribution in [0.5, 0.6) is 5.75 Å². The van der Waals surface area contributed by atoms with E-state index in [1.54, 1.807) is 11.3 Å². The first-order chi connectivity index (χ1) is 12.3. The van der Waals surface area contributed by atoms with Crippen molar-refractivity contribution in [3.05, 3.63) is 52.2 Å². The van der Waals surface area contributed by atoms with Crippen LogP contribution in [0.4, 0.5) is 0 Å². The maximum Gasteiger partial charge on any atom is 0.264 e. The van der Waals surface area contributed by atoms with Gasteiger partial charge < -0.3 is 9.26 Å². The minimum absolute atomic E-state index is 0.200. The van der Waals surface area contributed by atoms with Crippen molar-refractivity contribution in [3.63, 3.8) is 0 Å². The maximum atomic E-state index is 6.52. The van der Waals surface area contributed by atoms with Gasteiger partial charge in [0.05, 0.1) is 9.90 Å². The molecular formula is C18H18ClN3O2S. The third kappa shape index (κ3) is 3.86. The smallest absolute Gasteiger partial charge is 0.264 e. The van der Waals surface area contributed by atoms with Gasteiger partial charge in [-0.05, 0) is 49.0 Å². The van der Waals surface area contributed by atoms with Crippen LogP contribution in [-0.2, 0) is 13.2 Å². The molecule has 0 atom stereocenters. The lowest BCUT2D eigenvalue weighted by Crippen LogP contribution is -2.18. The van der Waals surface area contributed by atoms with Gasteiger partial charge in [-0.2, -0.15) is 4.98 Å². The lowest BCUT2D eigenvalue weighted by molar-refractivity contribution is 0.242. The molecule has 1 saturated heterocycles. The quantitative estimate of drug-likeness (QED) is 0.628. The van der Waals surface area contributed by atoms with Crippen molar-refractivity contribution >= 4 is 22.9 Å². The monoisotopic (exact) mass is 375 g/mol. The summed E-state index contributed by atoms with van der Waals surface area (Å²) in [6.07, 6.45) is 2.52. The van der Waals surface area contributed by atoms with Crippen molar-refractivity contribution in [1.82, 2.24) is 15.0 Å². The summed E-state index contributed by atoms with van der Waals surface area (Å²) in [5, 5.41) is 6.62. The third-order valence-electron chi connectivity index (χ3n) is 4.20. The number of hydrogen-bond acceptors (Lipinski definition) is 6. The average molecular weight is 376 g/mol. The van der Waals surface area contributed by atoms with Crippen LogP contribution < -0.4 is 4.74 Å². The zero-order chi connectivity index (χ0) is 17.1. The van der Waals surface area contributed by atoms with E-state index in [1.807, 2.05) is 29.6 Å². The number of thiophene rings is 1. The number of ether oxygens (including phenoxy) is 1. The van der Waals surface area contributed by atoms with Gasteiger partial charge in [-0.25, -0.2) is 0 Å². The molecule has 0 N–H and O–H groups in total. The number of likely N-dealkylation sites (tertiary alicyclic amines) is 1. The van der Waals surface area contributed by atoms with E-state index in [0.717, 1.165) is 30.1 Å². The topological polar surface area (TPSA) is 51.4 Å². The molecule has 1 aromatic carbocycles. The van der Waals surface area contributed by atoms with Gasteiger partial charge >= 0.3 is 0 Å².